The maximum Gasteiger partial charge on any atom is 0.410 e. The highest BCUT2D eigenvalue weighted by Crippen LogP contribution is 2.40. The molecule has 33 heavy (non-hydrogen) atoms. The molecule has 2 aromatic rings. The molecule has 1 spiro atoms. The molecule has 3 aliphatic rings. The summed E-state index contributed by atoms with van der Waals surface area (Å²) in [6.45, 7) is 9.32. The highest BCUT2D eigenvalue weighted by Gasteiger charge is 2.45. The molecule has 1 amide bonds. The summed E-state index contributed by atoms with van der Waals surface area (Å²) in [6.07, 6.45) is 9.91. The number of amides is 1. The lowest BCUT2D eigenvalue weighted by Crippen LogP contribution is -2.55. The highest BCUT2D eigenvalue weighted by molar-refractivity contribution is 5.86. The first-order chi connectivity index (χ1) is 15.7. The number of nitrogens with two attached hydrogens (primary N) is 1. The van der Waals surface area contributed by atoms with E-state index in [-0.39, 0.29) is 24.0 Å². The van der Waals surface area contributed by atoms with Crippen molar-refractivity contribution in [3.05, 3.63) is 18.6 Å². The van der Waals surface area contributed by atoms with Crippen LogP contribution in [0.15, 0.2) is 18.6 Å². The van der Waals surface area contributed by atoms with Crippen molar-refractivity contribution in [3.8, 4) is 0 Å². The van der Waals surface area contributed by atoms with Crippen LogP contribution in [0.2, 0.25) is 0 Å². The van der Waals surface area contributed by atoms with E-state index >= 15 is 0 Å². The van der Waals surface area contributed by atoms with Gasteiger partial charge in [-0.3, -0.25) is 4.90 Å². The number of hydrogen-bond acceptors (Lipinski definition) is 7. The summed E-state index contributed by atoms with van der Waals surface area (Å²) in [5.41, 5.74) is 6.56. The third-order valence-electron chi connectivity index (χ3n) is 7.45. The van der Waals surface area contributed by atoms with Gasteiger partial charge in [-0.2, -0.15) is 0 Å². The van der Waals surface area contributed by atoms with Crippen LogP contribution in [0.4, 0.5) is 10.6 Å². The summed E-state index contributed by atoms with van der Waals surface area (Å²) in [5, 5.41) is 0.875. The summed E-state index contributed by atoms with van der Waals surface area (Å²) in [7, 11) is 0. The maximum absolute atomic E-state index is 12.5. The fraction of sp³-hybridized carbons (Fsp3) is 0.708. The standard InChI is InChI=1S/C24H36N6O3/c1-23(2,3)33-22(31)28-13-9-24(10-14-28)8-4-11-29(24)15-17-5-6-19(32-17)30-12-7-18-20(25)26-16-27-21(18)30/h7,12,16-17,19H,4-6,8-11,13-15H2,1-3H3,(H2,25,26,27). The molecule has 0 bridgehead atoms. The molecule has 0 aliphatic carbocycles. The van der Waals surface area contributed by atoms with E-state index in [9.17, 15) is 4.79 Å². The van der Waals surface area contributed by atoms with E-state index in [0.717, 1.165) is 62.9 Å². The van der Waals surface area contributed by atoms with Crippen molar-refractivity contribution >= 4 is 22.9 Å². The first-order valence-electron chi connectivity index (χ1n) is 12.2. The monoisotopic (exact) mass is 456 g/mol. The topological polar surface area (TPSA) is 98.7 Å². The van der Waals surface area contributed by atoms with Gasteiger partial charge in [-0.25, -0.2) is 14.8 Å². The molecule has 3 aliphatic heterocycles. The van der Waals surface area contributed by atoms with Gasteiger partial charge in [-0.15, -0.1) is 0 Å². The predicted molar refractivity (Wildman–Crippen MR) is 126 cm³/mol. The Morgan fingerprint density at radius 2 is 2.00 bits per heavy atom. The molecule has 2 aromatic heterocycles. The van der Waals surface area contributed by atoms with Crippen molar-refractivity contribution in [3.63, 3.8) is 0 Å². The normalized spacial score (nSPS) is 25.8. The Balaban J connectivity index is 1.20. The fourth-order valence-electron chi connectivity index (χ4n) is 5.77. The Hall–Kier alpha value is -2.39. The van der Waals surface area contributed by atoms with E-state index in [1.54, 1.807) is 0 Å². The molecule has 180 valence electrons. The molecule has 3 fully saturated rings. The van der Waals surface area contributed by atoms with E-state index in [4.69, 9.17) is 15.2 Å². The number of carbonyl (C=O) groups is 1. The largest absolute Gasteiger partial charge is 0.444 e. The van der Waals surface area contributed by atoms with Crippen LogP contribution >= 0.6 is 0 Å². The average Bonchev–Trinajstić information content (AvgIpc) is 3.48. The van der Waals surface area contributed by atoms with Crippen LogP contribution in [0, 0.1) is 0 Å². The SMILES string of the molecule is CC(C)(C)OC(=O)N1CCC2(CCCN2CC2CCC(n3ccc4c(N)ncnc43)O2)CC1. The highest BCUT2D eigenvalue weighted by atomic mass is 16.6. The molecular formula is C24H36N6O3. The van der Waals surface area contributed by atoms with Crippen molar-refractivity contribution in [2.24, 2.45) is 0 Å². The van der Waals surface area contributed by atoms with Crippen LogP contribution in [0.1, 0.15) is 65.5 Å². The van der Waals surface area contributed by atoms with Gasteiger partial charge in [0.25, 0.3) is 0 Å². The Bertz CT molecular complexity index is 1010. The average molecular weight is 457 g/mol. The number of likely N-dealkylation sites (tertiary alicyclic amines) is 2. The minimum atomic E-state index is -0.454. The summed E-state index contributed by atoms with van der Waals surface area (Å²) in [4.78, 5) is 25.5. The van der Waals surface area contributed by atoms with E-state index in [2.05, 4.69) is 19.4 Å². The molecule has 2 N–H and O–H groups in total. The summed E-state index contributed by atoms with van der Waals surface area (Å²) in [6, 6.07) is 1.97. The molecule has 2 unspecified atom stereocenters. The molecule has 2 atom stereocenters. The third-order valence-corrected chi connectivity index (χ3v) is 7.45. The predicted octanol–water partition coefficient (Wildman–Crippen LogP) is 3.56. The first kappa shape index (κ1) is 22.4. The van der Waals surface area contributed by atoms with E-state index in [1.807, 2.05) is 37.9 Å². The van der Waals surface area contributed by atoms with Gasteiger partial charge in [0.05, 0.1) is 11.5 Å². The van der Waals surface area contributed by atoms with Crippen molar-refractivity contribution in [1.82, 2.24) is 24.3 Å². The van der Waals surface area contributed by atoms with E-state index in [1.165, 1.54) is 19.2 Å². The van der Waals surface area contributed by atoms with Crippen molar-refractivity contribution < 1.29 is 14.3 Å². The van der Waals surface area contributed by atoms with Gasteiger partial charge in [0.2, 0.25) is 0 Å². The van der Waals surface area contributed by atoms with Crippen LogP contribution in [-0.4, -0.2) is 73.9 Å². The van der Waals surface area contributed by atoms with Gasteiger partial charge in [0.15, 0.2) is 0 Å². The Morgan fingerprint density at radius 1 is 1.21 bits per heavy atom. The number of nitrogen functional groups attached to an aromatic ring is 1. The zero-order valence-corrected chi connectivity index (χ0v) is 20.0. The minimum absolute atomic E-state index is 0.0191. The Kier molecular flexibility index (Phi) is 5.73. The van der Waals surface area contributed by atoms with Gasteiger partial charge in [-0.1, -0.05) is 0 Å². The summed E-state index contributed by atoms with van der Waals surface area (Å²) < 4.78 is 14.2. The summed E-state index contributed by atoms with van der Waals surface area (Å²) in [5.74, 6) is 0.505. The lowest BCUT2D eigenvalue weighted by molar-refractivity contribution is -0.0364. The smallest absolute Gasteiger partial charge is 0.410 e. The zero-order chi connectivity index (χ0) is 23.2. The minimum Gasteiger partial charge on any atom is -0.444 e. The zero-order valence-electron chi connectivity index (χ0n) is 20.0. The molecule has 0 saturated carbocycles. The van der Waals surface area contributed by atoms with Crippen LogP contribution in [0.25, 0.3) is 11.0 Å². The van der Waals surface area contributed by atoms with Crippen LogP contribution in [0.5, 0.6) is 0 Å². The van der Waals surface area contributed by atoms with Gasteiger partial charge in [0.1, 0.15) is 29.6 Å². The number of aromatic nitrogens is 3. The number of nitrogens with zero attached hydrogens (tertiary/aromatic N) is 5. The number of anilines is 1. The van der Waals surface area contributed by atoms with Crippen LogP contribution in [-0.2, 0) is 9.47 Å². The van der Waals surface area contributed by atoms with Gasteiger partial charge >= 0.3 is 6.09 Å². The van der Waals surface area contributed by atoms with Crippen molar-refractivity contribution in [2.45, 2.75) is 82.8 Å². The molecule has 9 heteroatoms. The number of ether oxygens (including phenoxy) is 2. The number of fused-ring (bicyclic) bond motifs is 1. The molecule has 9 nitrogen and oxygen atoms in total. The lowest BCUT2D eigenvalue weighted by Gasteiger charge is -2.45. The molecule has 5 heterocycles. The Labute approximate surface area is 195 Å². The van der Waals surface area contributed by atoms with Crippen LogP contribution in [0.3, 0.4) is 0 Å². The third kappa shape index (κ3) is 4.40. The fourth-order valence-corrected chi connectivity index (χ4v) is 5.77. The quantitative estimate of drug-likeness (QED) is 0.754. The van der Waals surface area contributed by atoms with Crippen molar-refractivity contribution in [1.29, 1.82) is 0 Å². The molecule has 0 aromatic carbocycles. The molecule has 0 radical (unpaired) electrons. The van der Waals surface area contributed by atoms with E-state index < -0.39 is 5.60 Å². The van der Waals surface area contributed by atoms with Gasteiger partial charge in [0, 0.05) is 31.4 Å². The number of hydrogen-bond donors (Lipinski definition) is 1. The second kappa shape index (κ2) is 8.43. The second-order valence-corrected chi connectivity index (χ2v) is 10.8. The van der Waals surface area contributed by atoms with Crippen LogP contribution < -0.4 is 5.73 Å². The van der Waals surface area contributed by atoms with Gasteiger partial charge in [-0.05, 0) is 71.9 Å². The number of piperidine rings is 1. The second-order valence-electron chi connectivity index (χ2n) is 10.8. The molecule has 5 rings (SSSR count). The first-order valence-corrected chi connectivity index (χ1v) is 12.2. The molecule has 3 saturated heterocycles. The van der Waals surface area contributed by atoms with Gasteiger partial charge < -0.3 is 24.7 Å². The van der Waals surface area contributed by atoms with E-state index in [0.29, 0.717) is 5.82 Å². The Morgan fingerprint density at radius 3 is 2.76 bits per heavy atom. The maximum atomic E-state index is 12.5. The number of carbonyl (C=O) groups excluding carboxylic acids is 1. The number of rotatable bonds is 3. The van der Waals surface area contributed by atoms with Crippen molar-refractivity contribution in [2.75, 3.05) is 31.9 Å². The lowest BCUT2D eigenvalue weighted by atomic mass is 9.85. The molecular weight excluding hydrogens is 420 g/mol. The summed E-state index contributed by atoms with van der Waals surface area (Å²) >= 11 is 0.